The molecule has 2 aromatic carbocycles. The van der Waals surface area contributed by atoms with Gasteiger partial charge in [0, 0.05) is 36.1 Å². The van der Waals surface area contributed by atoms with Crippen LogP contribution < -0.4 is 27.0 Å². The molecule has 2 aromatic rings. The second-order valence-electron chi connectivity index (χ2n) is 10.4. The van der Waals surface area contributed by atoms with Crippen molar-refractivity contribution in [3.8, 4) is 5.75 Å². The van der Waals surface area contributed by atoms with Crippen LogP contribution in [0.25, 0.3) is 0 Å². The zero-order chi connectivity index (χ0) is 30.7. The van der Waals surface area contributed by atoms with Crippen molar-refractivity contribution in [2.45, 2.75) is 64.1 Å². The third-order valence-electron chi connectivity index (χ3n) is 5.60. The van der Waals surface area contributed by atoms with E-state index in [1.165, 1.54) is 12.1 Å². The van der Waals surface area contributed by atoms with Gasteiger partial charge >= 0.3 is 5.97 Å². The smallest absolute Gasteiger partial charge is 0.305 e. The average molecular weight is 569 g/mol. The molecule has 0 spiro atoms. The summed E-state index contributed by atoms with van der Waals surface area (Å²) in [6.07, 6.45) is -1.30. The molecule has 0 saturated heterocycles. The molecule has 2 atom stereocenters. The number of carboxylic acid groups (broad SMARTS) is 1. The fraction of sp³-hybridized carbons (Fsp3) is 0.357. The number of phenols is 1. The summed E-state index contributed by atoms with van der Waals surface area (Å²) >= 11 is 0. The number of carbonyl (C=O) groups is 5. The van der Waals surface area contributed by atoms with Gasteiger partial charge in [0.15, 0.2) is 0 Å². The van der Waals surface area contributed by atoms with Crippen LogP contribution in [0.5, 0.6) is 5.75 Å². The van der Waals surface area contributed by atoms with Crippen molar-refractivity contribution in [1.29, 1.82) is 5.41 Å². The minimum Gasteiger partial charge on any atom is -0.508 e. The molecule has 4 amide bonds. The molecular formula is C28H36N6O7. The Morgan fingerprint density at radius 2 is 1.44 bits per heavy atom. The molecule has 0 aliphatic rings. The maximum absolute atomic E-state index is 13.1. The monoisotopic (exact) mass is 568 g/mol. The highest BCUT2D eigenvalue weighted by Crippen LogP contribution is 2.13. The number of hydrogen-bond donors (Lipinski definition) is 8. The third-order valence-corrected chi connectivity index (χ3v) is 5.60. The van der Waals surface area contributed by atoms with E-state index in [-0.39, 0.29) is 30.8 Å². The van der Waals surface area contributed by atoms with Crippen LogP contribution in [0.2, 0.25) is 0 Å². The summed E-state index contributed by atoms with van der Waals surface area (Å²) in [5.41, 5.74) is 6.30. The highest BCUT2D eigenvalue weighted by Gasteiger charge is 2.30. The SMILES string of the molecule is CC(C)(C)NC(=O)[C@H](Cc1ccc(O)cc1)NC(=O)[C@H](CC(=O)O)NC(=O)CCC(=O)Nc1ccc(C(=N)N)cc1. The third kappa shape index (κ3) is 11.8. The first kappa shape index (κ1) is 32.3. The number of carbonyl (C=O) groups excluding carboxylic acids is 4. The molecule has 0 aliphatic carbocycles. The normalized spacial score (nSPS) is 12.4. The number of benzene rings is 2. The van der Waals surface area contributed by atoms with Crippen molar-refractivity contribution in [3.63, 3.8) is 0 Å². The van der Waals surface area contributed by atoms with E-state index in [0.29, 0.717) is 16.8 Å². The Hall–Kier alpha value is -4.94. The number of hydrogen-bond acceptors (Lipinski definition) is 7. The van der Waals surface area contributed by atoms with Gasteiger partial charge < -0.3 is 37.2 Å². The number of nitrogens with two attached hydrogens (primary N) is 1. The molecule has 0 fully saturated rings. The number of nitrogens with one attached hydrogen (secondary N) is 5. The van der Waals surface area contributed by atoms with E-state index in [0.717, 1.165) is 0 Å². The van der Waals surface area contributed by atoms with Crippen molar-refractivity contribution in [2.24, 2.45) is 5.73 Å². The van der Waals surface area contributed by atoms with E-state index in [4.69, 9.17) is 11.1 Å². The van der Waals surface area contributed by atoms with Crippen LogP contribution in [0.4, 0.5) is 5.69 Å². The van der Waals surface area contributed by atoms with Gasteiger partial charge in [0.25, 0.3) is 0 Å². The maximum Gasteiger partial charge on any atom is 0.305 e. The molecule has 0 radical (unpaired) electrons. The predicted octanol–water partition coefficient (Wildman–Crippen LogP) is 0.997. The Morgan fingerprint density at radius 3 is 1.98 bits per heavy atom. The first-order chi connectivity index (χ1) is 19.1. The van der Waals surface area contributed by atoms with Crippen LogP contribution in [0.15, 0.2) is 48.5 Å². The molecule has 0 aromatic heterocycles. The topological polar surface area (TPSA) is 224 Å². The largest absolute Gasteiger partial charge is 0.508 e. The Balaban J connectivity index is 2.05. The number of carboxylic acids is 1. The summed E-state index contributed by atoms with van der Waals surface area (Å²) in [6.45, 7) is 5.28. The van der Waals surface area contributed by atoms with Crippen molar-refractivity contribution >= 4 is 41.1 Å². The molecule has 13 heteroatoms. The number of amidine groups is 1. The summed E-state index contributed by atoms with van der Waals surface area (Å²) in [7, 11) is 0. The highest BCUT2D eigenvalue weighted by atomic mass is 16.4. The maximum atomic E-state index is 13.1. The number of aromatic hydroxyl groups is 1. The lowest BCUT2D eigenvalue weighted by Crippen LogP contribution is -2.57. The van der Waals surface area contributed by atoms with Gasteiger partial charge in [-0.3, -0.25) is 29.4 Å². The molecule has 13 nitrogen and oxygen atoms in total. The summed E-state index contributed by atoms with van der Waals surface area (Å²) in [4.78, 5) is 62.3. The summed E-state index contributed by atoms with van der Waals surface area (Å²) in [5, 5.41) is 36.5. The molecule has 2 rings (SSSR count). The van der Waals surface area contributed by atoms with E-state index in [2.05, 4.69) is 21.3 Å². The Bertz CT molecular complexity index is 1270. The quantitative estimate of drug-likeness (QED) is 0.128. The van der Waals surface area contributed by atoms with E-state index < -0.39 is 53.6 Å². The first-order valence-corrected chi connectivity index (χ1v) is 12.8. The van der Waals surface area contributed by atoms with Crippen molar-refractivity contribution in [3.05, 3.63) is 59.7 Å². The van der Waals surface area contributed by atoms with E-state index >= 15 is 0 Å². The molecule has 0 saturated carbocycles. The Labute approximate surface area is 237 Å². The zero-order valence-electron chi connectivity index (χ0n) is 23.1. The number of anilines is 1. The molecule has 0 aliphatic heterocycles. The highest BCUT2D eigenvalue weighted by molar-refractivity contribution is 5.98. The summed E-state index contributed by atoms with van der Waals surface area (Å²) in [5.74, 6) is -4.09. The molecule has 0 bridgehead atoms. The second-order valence-corrected chi connectivity index (χ2v) is 10.4. The van der Waals surface area contributed by atoms with Crippen molar-refractivity contribution in [2.75, 3.05) is 5.32 Å². The standard InChI is InChI=1S/C28H36N6O7/c1-28(2,3)34-27(41)20(14-16-4-10-19(35)11-5-16)33-26(40)21(15-24(38)39)32-23(37)13-12-22(36)31-18-8-6-17(7-9-18)25(29)30/h4-11,20-21,35H,12-15H2,1-3H3,(H3,29,30)(H,31,36)(H,32,37)(H,33,40)(H,34,41)(H,38,39)/t20-,21-/m0/s1. The second kappa shape index (κ2) is 14.4. The van der Waals surface area contributed by atoms with Crippen LogP contribution in [0.3, 0.4) is 0 Å². The molecule has 0 unspecified atom stereocenters. The number of aliphatic carboxylic acids is 1. The van der Waals surface area contributed by atoms with Gasteiger partial charge in [0.1, 0.15) is 23.7 Å². The van der Waals surface area contributed by atoms with Crippen LogP contribution in [0, 0.1) is 5.41 Å². The molecule has 9 N–H and O–H groups in total. The minimum absolute atomic E-state index is 0.0253. The van der Waals surface area contributed by atoms with Crippen molar-refractivity contribution < 1.29 is 34.2 Å². The van der Waals surface area contributed by atoms with E-state index in [1.807, 2.05) is 0 Å². The fourth-order valence-electron chi connectivity index (χ4n) is 3.64. The van der Waals surface area contributed by atoms with Gasteiger partial charge in [-0.25, -0.2) is 0 Å². The summed E-state index contributed by atoms with van der Waals surface area (Å²) < 4.78 is 0. The minimum atomic E-state index is -1.51. The average Bonchev–Trinajstić information content (AvgIpc) is 2.87. The fourth-order valence-corrected chi connectivity index (χ4v) is 3.64. The lowest BCUT2D eigenvalue weighted by atomic mass is 10.0. The van der Waals surface area contributed by atoms with Crippen LogP contribution in [-0.4, -0.2) is 63.3 Å². The van der Waals surface area contributed by atoms with Gasteiger partial charge in [-0.1, -0.05) is 12.1 Å². The number of nitrogen functional groups attached to an aromatic ring is 1. The molecule has 0 heterocycles. The molecule has 41 heavy (non-hydrogen) atoms. The Kier molecular flexibility index (Phi) is 11.4. The van der Waals surface area contributed by atoms with Crippen LogP contribution in [-0.2, 0) is 30.4 Å². The number of rotatable bonds is 13. The van der Waals surface area contributed by atoms with E-state index in [1.54, 1.807) is 57.2 Å². The van der Waals surface area contributed by atoms with Gasteiger partial charge in [0.2, 0.25) is 23.6 Å². The first-order valence-electron chi connectivity index (χ1n) is 12.8. The zero-order valence-corrected chi connectivity index (χ0v) is 23.1. The lowest BCUT2D eigenvalue weighted by Gasteiger charge is -2.27. The number of phenolic OH excluding ortho intramolecular Hbond substituents is 1. The Morgan fingerprint density at radius 1 is 0.854 bits per heavy atom. The summed E-state index contributed by atoms with van der Waals surface area (Å²) in [6, 6.07) is 9.61. The van der Waals surface area contributed by atoms with Crippen LogP contribution in [0.1, 0.15) is 51.2 Å². The lowest BCUT2D eigenvalue weighted by molar-refractivity contribution is -0.141. The van der Waals surface area contributed by atoms with Crippen molar-refractivity contribution in [1.82, 2.24) is 16.0 Å². The van der Waals surface area contributed by atoms with E-state index in [9.17, 15) is 34.2 Å². The van der Waals surface area contributed by atoms with Crippen LogP contribution >= 0.6 is 0 Å². The predicted molar refractivity (Wildman–Crippen MR) is 151 cm³/mol. The van der Waals surface area contributed by atoms with Gasteiger partial charge in [-0.05, 0) is 62.7 Å². The van der Waals surface area contributed by atoms with Gasteiger partial charge in [-0.2, -0.15) is 0 Å². The molecular weight excluding hydrogens is 532 g/mol. The molecule has 220 valence electrons. The van der Waals surface area contributed by atoms with Gasteiger partial charge in [0.05, 0.1) is 6.42 Å². The van der Waals surface area contributed by atoms with Gasteiger partial charge in [-0.15, -0.1) is 0 Å². The number of amides is 4.